The van der Waals surface area contributed by atoms with Gasteiger partial charge in [-0.05, 0) is 43.0 Å². The standard InChI is InChI=1S/C16H23N3O2.ClH/c1-11(2)14(17)15(20)18-13-7-5-12(6-8-13)16(21)19-9-3-4-10-19;/h5-8,11,14H,3-4,9-10,17H2,1-2H3,(H,18,20);1H. The lowest BCUT2D eigenvalue weighted by atomic mass is 10.0. The number of hydrogen-bond acceptors (Lipinski definition) is 3. The maximum absolute atomic E-state index is 12.2. The van der Waals surface area contributed by atoms with Crippen LogP contribution in [0, 0.1) is 5.92 Å². The molecule has 1 atom stereocenters. The Balaban J connectivity index is 0.00000242. The summed E-state index contributed by atoms with van der Waals surface area (Å²) < 4.78 is 0. The van der Waals surface area contributed by atoms with Crippen molar-refractivity contribution in [2.75, 3.05) is 18.4 Å². The number of likely N-dealkylation sites (tertiary alicyclic amines) is 1. The highest BCUT2D eigenvalue weighted by Gasteiger charge is 2.20. The molecule has 1 aliphatic rings. The number of halogens is 1. The third-order valence-electron chi connectivity index (χ3n) is 3.81. The molecule has 2 amide bonds. The molecule has 0 saturated carbocycles. The fraction of sp³-hybridized carbons (Fsp3) is 0.500. The number of hydrogen-bond donors (Lipinski definition) is 2. The second-order valence-corrected chi connectivity index (χ2v) is 5.84. The Morgan fingerprint density at radius 3 is 2.18 bits per heavy atom. The number of amides is 2. The van der Waals surface area contributed by atoms with Crippen molar-refractivity contribution >= 4 is 29.9 Å². The molecule has 122 valence electrons. The molecule has 1 aromatic rings. The number of benzene rings is 1. The van der Waals surface area contributed by atoms with E-state index in [1.807, 2.05) is 18.7 Å². The zero-order valence-corrected chi connectivity index (χ0v) is 13.9. The van der Waals surface area contributed by atoms with E-state index in [0.29, 0.717) is 11.3 Å². The number of rotatable bonds is 4. The van der Waals surface area contributed by atoms with E-state index in [0.717, 1.165) is 25.9 Å². The first-order valence-corrected chi connectivity index (χ1v) is 7.45. The first kappa shape index (κ1) is 18.5. The summed E-state index contributed by atoms with van der Waals surface area (Å²) >= 11 is 0. The second-order valence-electron chi connectivity index (χ2n) is 5.84. The van der Waals surface area contributed by atoms with Gasteiger partial charge in [0.05, 0.1) is 6.04 Å². The fourth-order valence-corrected chi connectivity index (χ4v) is 2.33. The van der Waals surface area contributed by atoms with E-state index in [1.165, 1.54) is 0 Å². The van der Waals surface area contributed by atoms with Crippen LogP contribution in [0.15, 0.2) is 24.3 Å². The van der Waals surface area contributed by atoms with Crippen molar-refractivity contribution in [2.24, 2.45) is 11.7 Å². The van der Waals surface area contributed by atoms with Gasteiger partial charge in [-0.15, -0.1) is 12.4 Å². The van der Waals surface area contributed by atoms with Crippen molar-refractivity contribution < 1.29 is 9.59 Å². The van der Waals surface area contributed by atoms with Crippen LogP contribution >= 0.6 is 12.4 Å². The maximum atomic E-state index is 12.2. The van der Waals surface area contributed by atoms with Gasteiger partial charge in [0.15, 0.2) is 0 Å². The molecular weight excluding hydrogens is 302 g/mol. The number of carbonyl (C=O) groups is 2. The summed E-state index contributed by atoms with van der Waals surface area (Å²) in [7, 11) is 0. The molecule has 0 spiro atoms. The molecule has 1 aliphatic heterocycles. The van der Waals surface area contributed by atoms with Crippen LogP contribution < -0.4 is 11.1 Å². The Labute approximate surface area is 137 Å². The van der Waals surface area contributed by atoms with E-state index in [4.69, 9.17) is 5.73 Å². The third-order valence-corrected chi connectivity index (χ3v) is 3.81. The predicted octanol–water partition coefficient (Wildman–Crippen LogP) is 2.27. The van der Waals surface area contributed by atoms with Crippen molar-refractivity contribution in [1.29, 1.82) is 0 Å². The average molecular weight is 326 g/mol. The van der Waals surface area contributed by atoms with Gasteiger partial charge in [-0.2, -0.15) is 0 Å². The minimum atomic E-state index is -0.532. The van der Waals surface area contributed by atoms with Crippen LogP contribution in [0.5, 0.6) is 0 Å². The van der Waals surface area contributed by atoms with Crippen LogP contribution in [0.4, 0.5) is 5.69 Å². The molecule has 2 rings (SSSR count). The van der Waals surface area contributed by atoms with E-state index in [1.54, 1.807) is 24.3 Å². The van der Waals surface area contributed by atoms with Crippen LogP contribution in [0.25, 0.3) is 0 Å². The number of anilines is 1. The Morgan fingerprint density at radius 1 is 1.14 bits per heavy atom. The molecule has 5 nitrogen and oxygen atoms in total. The predicted molar refractivity (Wildman–Crippen MR) is 90.3 cm³/mol. The van der Waals surface area contributed by atoms with E-state index < -0.39 is 6.04 Å². The zero-order chi connectivity index (χ0) is 15.4. The van der Waals surface area contributed by atoms with Crippen molar-refractivity contribution in [3.63, 3.8) is 0 Å². The molecule has 0 aromatic heterocycles. The van der Waals surface area contributed by atoms with Gasteiger partial charge in [-0.1, -0.05) is 13.8 Å². The molecule has 22 heavy (non-hydrogen) atoms. The Morgan fingerprint density at radius 2 is 1.68 bits per heavy atom. The van der Waals surface area contributed by atoms with Crippen LogP contribution in [-0.4, -0.2) is 35.8 Å². The molecular formula is C16H24ClN3O2. The molecule has 1 unspecified atom stereocenters. The summed E-state index contributed by atoms with van der Waals surface area (Å²) in [5.74, 6) is -0.0612. The largest absolute Gasteiger partial charge is 0.339 e. The Kier molecular flexibility index (Phi) is 6.84. The average Bonchev–Trinajstić information content (AvgIpc) is 3.00. The zero-order valence-electron chi connectivity index (χ0n) is 13.0. The molecule has 0 bridgehead atoms. The van der Waals surface area contributed by atoms with Gasteiger partial charge >= 0.3 is 0 Å². The highest BCUT2D eigenvalue weighted by Crippen LogP contribution is 2.15. The van der Waals surface area contributed by atoms with Crippen molar-refractivity contribution in [3.05, 3.63) is 29.8 Å². The highest BCUT2D eigenvalue weighted by molar-refractivity contribution is 5.97. The van der Waals surface area contributed by atoms with E-state index >= 15 is 0 Å². The quantitative estimate of drug-likeness (QED) is 0.891. The summed E-state index contributed by atoms with van der Waals surface area (Å²) in [6, 6.07) is 6.45. The molecule has 1 aromatic carbocycles. The van der Waals surface area contributed by atoms with Crippen molar-refractivity contribution in [2.45, 2.75) is 32.7 Å². The minimum absolute atomic E-state index is 0. The van der Waals surface area contributed by atoms with E-state index in [-0.39, 0.29) is 30.1 Å². The molecule has 6 heteroatoms. The number of nitrogens with zero attached hydrogens (tertiary/aromatic N) is 1. The molecule has 1 fully saturated rings. The van der Waals surface area contributed by atoms with Crippen LogP contribution in [0.1, 0.15) is 37.0 Å². The van der Waals surface area contributed by atoms with Crippen LogP contribution in [-0.2, 0) is 4.79 Å². The van der Waals surface area contributed by atoms with Crippen molar-refractivity contribution in [3.8, 4) is 0 Å². The van der Waals surface area contributed by atoms with E-state index in [2.05, 4.69) is 5.32 Å². The lowest BCUT2D eigenvalue weighted by Gasteiger charge is -2.17. The molecule has 0 radical (unpaired) electrons. The smallest absolute Gasteiger partial charge is 0.253 e. The van der Waals surface area contributed by atoms with Gasteiger partial charge in [-0.25, -0.2) is 0 Å². The Bertz CT molecular complexity index is 511. The topological polar surface area (TPSA) is 75.4 Å². The molecule has 3 N–H and O–H groups in total. The lowest BCUT2D eigenvalue weighted by molar-refractivity contribution is -0.118. The van der Waals surface area contributed by atoms with Gasteiger partial charge in [-0.3, -0.25) is 9.59 Å². The number of carbonyl (C=O) groups excluding carboxylic acids is 2. The van der Waals surface area contributed by atoms with E-state index in [9.17, 15) is 9.59 Å². The summed E-state index contributed by atoms with van der Waals surface area (Å²) in [6.45, 7) is 5.48. The first-order chi connectivity index (χ1) is 9.99. The lowest BCUT2D eigenvalue weighted by Crippen LogP contribution is -2.39. The van der Waals surface area contributed by atoms with Crippen molar-refractivity contribution in [1.82, 2.24) is 4.90 Å². The van der Waals surface area contributed by atoms with Gasteiger partial charge < -0.3 is 16.0 Å². The second kappa shape index (κ2) is 8.15. The minimum Gasteiger partial charge on any atom is -0.339 e. The molecule has 1 saturated heterocycles. The summed E-state index contributed by atoms with van der Waals surface area (Å²) in [5, 5.41) is 2.77. The third kappa shape index (κ3) is 4.45. The normalized spacial score (nSPS) is 15.4. The first-order valence-electron chi connectivity index (χ1n) is 7.45. The fourth-order valence-electron chi connectivity index (χ4n) is 2.33. The SMILES string of the molecule is CC(C)C(N)C(=O)Nc1ccc(C(=O)N2CCCC2)cc1.Cl. The summed E-state index contributed by atoms with van der Waals surface area (Å²) in [4.78, 5) is 25.9. The van der Waals surface area contributed by atoms with Crippen LogP contribution in [0.3, 0.4) is 0 Å². The monoisotopic (exact) mass is 325 g/mol. The number of nitrogens with two attached hydrogens (primary N) is 1. The maximum Gasteiger partial charge on any atom is 0.253 e. The number of nitrogens with one attached hydrogen (secondary N) is 1. The van der Waals surface area contributed by atoms with Gasteiger partial charge in [0.25, 0.3) is 5.91 Å². The summed E-state index contributed by atoms with van der Waals surface area (Å²) in [5.41, 5.74) is 7.11. The Hall–Kier alpha value is -1.59. The summed E-state index contributed by atoms with van der Waals surface area (Å²) in [6.07, 6.45) is 2.15. The van der Waals surface area contributed by atoms with Gasteiger partial charge in [0, 0.05) is 24.3 Å². The van der Waals surface area contributed by atoms with Gasteiger partial charge in [0.1, 0.15) is 0 Å². The van der Waals surface area contributed by atoms with Gasteiger partial charge in [0.2, 0.25) is 5.91 Å². The molecule has 1 heterocycles. The highest BCUT2D eigenvalue weighted by atomic mass is 35.5. The van der Waals surface area contributed by atoms with Crippen LogP contribution in [0.2, 0.25) is 0 Å². The molecule has 0 aliphatic carbocycles.